The fourth-order valence-electron chi connectivity index (χ4n) is 3.87. The highest BCUT2D eigenvalue weighted by atomic mass is 32.2. The first-order valence-corrected chi connectivity index (χ1v) is 11.1. The van der Waals surface area contributed by atoms with Gasteiger partial charge in [0.25, 0.3) is 15.9 Å². The van der Waals surface area contributed by atoms with E-state index < -0.39 is 10.0 Å². The van der Waals surface area contributed by atoms with Gasteiger partial charge in [-0.3, -0.25) is 9.52 Å². The number of hydrogen-bond donors (Lipinski definition) is 1. The summed E-state index contributed by atoms with van der Waals surface area (Å²) in [6.07, 6.45) is 1.11. The first-order chi connectivity index (χ1) is 13.2. The van der Waals surface area contributed by atoms with Gasteiger partial charge in [0.2, 0.25) is 0 Å². The van der Waals surface area contributed by atoms with E-state index in [0.29, 0.717) is 41.7 Å². The lowest BCUT2D eigenvalue weighted by Crippen LogP contribution is -2.42. The van der Waals surface area contributed by atoms with Crippen LogP contribution < -0.4 is 4.72 Å². The minimum atomic E-state index is -3.79. The van der Waals surface area contributed by atoms with Crippen molar-refractivity contribution >= 4 is 21.6 Å². The van der Waals surface area contributed by atoms with E-state index in [9.17, 15) is 13.2 Å². The van der Waals surface area contributed by atoms with Crippen molar-refractivity contribution in [1.82, 2.24) is 4.90 Å². The smallest absolute Gasteiger partial charge is 0.262 e. The van der Waals surface area contributed by atoms with Crippen LogP contribution in [0.15, 0.2) is 47.4 Å². The minimum Gasteiger partial charge on any atom is -0.338 e. The number of anilines is 1. The molecule has 1 fully saturated rings. The lowest BCUT2D eigenvalue weighted by Gasteiger charge is -2.35. The van der Waals surface area contributed by atoms with E-state index in [1.807, 2.05) is 24.0 Å². The van der Waals surface area contributed by atoms with Crippen LogP contribution in [-0.2, 0) is 10.0 Å². The van der Waals surface area contributed by atoms with E-state index in [1.54, 1.807) is 31.2 Å². The number of nitrogens with one attached hydrogen (secondary N) is 1. The third-order valence-corrected chi connectivity index (χ3v) is 6.71. The van der Waals surface area contributed by atoms with Crippen LogP contribution in [0.25, 0.3) is 0 Å². The maximum atomic E-state index is 13.0. The number of amides is 1. The summed E-state index contributed by atoms with van der Waals surface area (Å²) >= 11 is 0. The average molecular weight is 401 g/mol. The van der Waals surface area contributed by atoms with Gasteiger partial charge in [-0.15, -0.1) is 0 Å². The Labute approximate surface area is 167 Å². The third-order valence-electron chi connectivity index (χ3n) is 5.18. The molecule has 150 valence electrons. The molecule has 6 heteroatoms. The number of benzene rings is 2. The summed E-state index contributed by atoms with van der Waals surface area (Å²) < 4.78 is 28.5. The molecule has 1 heterocycles. The third kappa shape index (κ3) is 4.55. The fourth-order valence-corrected chi connectivity index (χ4v) is 5.20. The van der Waals surface area contributed by atoms with Crippen molar-refractivity contribution in [2.45, 2.75) is 39.0 Å². The van der Waals surface area contributed by atoms with Crippen molar-refractivity contribution in [3.8, 4) is 0 Å². The number of rotatable bonds is 4. The van der Waals surface area contributed by atoms with Crippen LogP contribution in [0.1, 0.15) is 41.8 Å². The Kier molecular flexibility index (Phi) is 5.79. The van der Waals surface area contributed by atoms with Crippen molar-refractivity contribution in [3.05, 3.63) is 59.2 Å². The number of nitrogens with zero attached hydrogens (tertiary/aromatic N) is 1. The fraction of sp³-hybridized carbons (Fsp3) is 0.409. The Morgan fingerprint density at radius 2 is 1.61 bits per heavy atom. The zero-order valence-electron chi connectivity index (χ0n) is 16.9. The second kappa shape index (κ2) is 7.95. The van der Waals surface area contributed by atoms with Crippen LogP contribution in [0.4, 0.5) is 5.69 Å². The quantitative estimate of drug-likeness (QED) is 0.835. The normalized spacial score (nSPS) is 20.1. The summed E-state index contributed by atoms with van der Waals surface area (Å²) in [5.74, 6) is 0.791. The zero-order chi connectivity index (χ0) is 20.5. The molecule has 0 aromatic heterocycles. The average Bonchev–Trinajstić information content (AvgIpc) is 2.62. The van der Waals surface area contributed by atoms with E-state index in [4.69, 9.17) is 0 Å². The SMILES string of the molecule is Cc1ccc(NS(=O)(=O)c2cc(C(=O)N3C[C@@H](C)C[C@H](C)C3)ccc2C)cc1. The van der Waals surface area contributed by atoms with Crippen LogP contribution in [0, 0.1) is 25.7 Å². The minimum absolute atomic E-state index is 0.106. The molecule has 0 unspecified atom stereocenters. The van der Waals surface area contributed by atoms with E-state index >= 15 is 0 Å². The molecule has 0 aliphatic carbocycles. The summed E-state index contributed by atoms with van der Waals surface area (Å²) in [6, 6.07) is 12.1. The van der Waals surface area contributed by atoms with Crippen LogP contribution >= 0.6 is 0 Å². The second-order valence-electron chi connectivity index (χ2n) is 8.11. The summed E-state index contributed by atoms with van der Waals surface area (Å²) in [5, 5.41) is 0. The highest BCUT2D eigenvalue weighted by Gasteiger charge is 2.27. The van der Waals surface area contributed by atoms with Crippen molar-refractivity contribution in [2.24, 2.45) is 11.8 Å². The highest BCUT2D eigenvalue weighted by molar-refractivity contribution is 7.92. The molecule has 28 heavy (non-hydrogen) atoms. The number of likely N-dealkylation sites (tertiary alicyclic amines) is 1. The van der Waals surface area contributed by atoms with Gasteiger partial charge in [0.15, 0.2) is 0 Å². The number of carbonyl (C=O) groups excluding carboxylic acids is 1. The van der Waals surface area contributed by atoms with Crippen LogP contribution in [-0.4, -0.2) is 32.3 Å². The molecule has 2 atom stereocenters. The van der Waals surface area contributed by atoms with Gasteiger partial charge in [-0.2, -0.15) is 0 Å². The maximum Gasteiger partial charge on any atom is 0.262 e. The molecule has 3 rings (SSSR count). The van der Waals surface area contributed by atoms with Crippen molar-refractivity contribution in [2.75, 3.05) is 17.8 Å². The summed E-state index contributed by atoms with van der Waals surface area (Å²) in [6.45, 7) is 9.39. The number of piperidine rings is 1. The van der Waals surface area contributed by atoms with Crippen molar-refractivity contribution < 1.29 is 13.2 Å². The van der Waals surface area contributed by atoms with E-state index in [1.165, 1.54) is 6.07 Å². The standard InChI is InChI=1S/C22H28N2O3S/c1-15-5-9-20(10-6-15)23-28(26,27)21-12-19(8-7-18(21)4)22(25)24-13-16(2)11-17(3)14-24/h5-10,12,16-17,23H,11,13-14H2,1-4H3/t16-,17-/m0/s1. The van der Waals surface area contributed by atoms with Gasteiger partial charge < -0.3 is 4.90 Å². The molecular formula is C22H28N2O3S. The number of carbonyl (C=O) groups is 1. The predicted octanol–water partition coefficient (Wildman–Crippen LogP) is 4.22. The van der Waals surface area contributed by atoms with Gasteiger partial charge in [-0.25, -0.2) is 8.42 Å². The van der Waals surface area contributed by atoms with Gasteiger partial charge in [-0.05, 0) is 61.9 Å². The molecule has 2 aromatic rings. The van der Waals surface area contributed by atoms with E-state index in [-0.39, 0.29) is 10.8 Å². The van der Waals surface area contributed by atoms with Gasteiger partial charge in [0.1, 0.15) is 0 Å². The molecule has 5 nitrogen and oxygen atoms in total. The Morgan fingerprint density at radius 1 is 1.00 bits per heavy atom. The van der Waals surface area contributed by atoms with Gasteiger partial charge in [-0.1, -0.05) is 37.6 Å². The summed E-state index contributed by atoms with van der Waals surface area (Å²) in [5.41, 5.74) is 2.57. The molecule has 0 radical (unpaired) electrons. The Bertz CT molecular complexity index is 958. The molecule has 0 bridgehead atoms. The van der Waals surface area contributed by atoms with Gasteiger partial charge >= 0.3 is 0 Å². The lowest BCUT2D eigenvalue weighted by atomic mass is 9.91. The molecule has 1 aliphatic rings. The molecule has 1 N–H and O–H groups in total. The van der Waals surface area contributed by atoms with Crippen LogP contribution in [0.3, 0.4) is 0 Å². The number of aryl methyl sites for hydroxylation is 2. The largest absolute Gasteiger partial charge is 0.338 e. The van der Waals surface area contributed by atoms with Crippen LogP contribution in [0.2, 0.25) is 0 Å². The first kappa shape index (κ1) is 20.4. The Hall–Kier alpha value is -2.34. The number of hydrogen-bond acceptors (Lipinski definition) is 3. The van der Waals surface area contributed by atoms with E-state index in [2.05, 4.69) is 18.6 Å². The lowest BCUT2D eigenvalue weighted by molar-refractivity contribution is 0.0623. The first-order valence-electron chi connectivity index (χ1n) is 9.65. The van der Waals surface area contributed by atoms with Gasteiger partial charge in [0.05, 0.1) is 4.90 Å². The monoisotopic (exact) mass is 400 g/mol. The topological polar surface area (TPSA) is 66.5 Å². The molecule has 0 saturated carbocycles. The van der Waals surface area contributed by atoms with Crippen LogP contribution in [0.5, 0.6) is 0 Å². The Balaban J connectivity index is 1.88. The van der Waals surface area contributed by atoms with Gasteiger partial charge in [0, 0.05) is 24.3 Å². The molecule has 2 aromatic carbocycles. The summed E-state index contributed by atoms with van der Waals surface area (Å²) in [4.78, 5) is 15.0. The predicted molar refractivity (Wildman–Crippen MR) is 112 cm³/mol. The number of sulfonamides is 1. The van der Waals surface area contributed by atoms with Crippen molar-refractivity contribution in [3.63, 3.8) is 0 Å². The summed E-state index contributed by atoms with van der Waals surface area (Å²) in [7, 11) is -3.79. The molecule has 1 saturated heterocycles. The maximum absolute atomic E-state index is 13.0. The molecule has 1 amide bonds. The zero-order valence-corrected chi connectivity index (χ0v) is 17.7. The molecular weight excluding hydrogens is 372 g/mol. The molecule has 0 spiro atoms. The molecule has 1 aliphatic heterocycles. The second-order valence-corrected chi connectivity index (χ2v) is 9.76. The van der Waals surface area contributed by atoms with Crippen molar-refractivity contribution in [1.29, 1.82) is 0 Å². The Morgan fingerprint density at radius 3 is 2.21 bits per heavy atom. The van der Waals surface area contributed by atoms with E-state index in [0.717, 1.165) is 12.0 Å². The highest BCUT2D eigenvalue weighted by Crippen LogP contribution is 2.25.